The number of fused-ring (bicyclic) bond motifs is 1. The topological polar surface area (TPSA) is 78.9 Å². The van der Waals surface area contributed by atoms with E-state index in [9.17, 15) is 14.4 Å². The summed E-state index contributed by atoms with van der Waals surface area (Å²) in [7, 11) is 0. The molecule has 1 heterocycles. The fraction of sp³-hybridized carbons (Fsp3) is 0.632. The van der Waals surface area contributed by atoms with E-state index < -0.39 is 18.3 Å². The Kier molecular flexibility index (Phi) is 6.03. The molecule has 1 fully saturated rings. The van der Waals surface area contributed by atoms with Crippen LogP contribution in [0.15, 0.2) is 23.3 Å². The van der Waals surface area contributed by atoms with Gasteiger partial charge < -0.3 is 14.2 Å². The SMILES string of the molecule is CC(=O)O[C@H]1C/C=C(\C)[C@@H](OC(C)=O)C[C@H]2[C@H](C=C1C)OC(=O)[C@@H]2C. The second-order valence-electron chi connectivity index (χ2n) is 6.88. The van der Waals surface area contributed by atoms with Crippen molar-refractivity contribution in [3.8, 4) is 0 Å². The lowest BCUT2D eigenvalue weighted by molar-refractivity contribution is -0.145. The van der Waals surface area contributed by atoms with Gasteiger partial charge in [0.25, 0.3) is 0 Å². The van der Waals surface area contributed by atoms with E-state index in [0.717, 1.165) is 11.1 Å². The second-order valence-corrected chi connectivity index (χ2v) is 6.88. The maximum absolute atomic E-state index is 12.1. The Hall–Kier alpha value is -2.11. The summed E-state index contributed by atoms with van der Waals surface area (Å²) >= 11 is 0. The summed E-state index contributed by atoms with van der Waals surface area (Å²) in [6.07, 6.45) is 3.52. The Bertz CT molecular complexity index is 617. The fourth-order valence-corrected chi connectivity index (χ4v) is 3.38. The lowest BCUT2D eigenvalue weighted by Crippen LogP contribution is -2.29. The molecule has 0 amide bonds. The van der Waals surface area contributed by atoms with Crippen molar-refractivity contribution in [3.63, 3.8) is 0 Å². The number of esters is 3. The highest BCUT2D eigenvalue weighted by Crippen LogP contribution is 2.36. The summed E-state index contributed by atoms with van der Waals surface area (Å²) in [5.41, 5.74) is 1.73. The highest BCUT2D eigenvalue weighted by Gasteiger charge is 2.43. The van der Waals surface area contributed by atoms with E-state index in [-0.39, 0.29) is 29.7 Å². The zero-order valence-electron chi connectivity index (χ0n) is 15.4. The van der Waals surface area contributed by atoms with Gasteiger partial charge in [-0.15, -0.1) is 0 Å². The third-order valence-electron chi connectivity index (χ3n) is 4.89. The van der Waals surface area contributed by atoms with Gasteiger partial charge in [-0.05, 0) is 37.5 Å². The van der Waals surface area contributed by atoms with Crippen LogP contribution < -0.4 is 0 Å². The van der Waals surface area contributed by atoms with Gasteiger partial charge in [0.05, 0.1) is 5.92 Å². The molecular weight excluding hydrogens is 324 g/mol. The zero-order chi connectivity index (χ0) is 18.7. The Balaban J connectivity index is 2.40. The quantitative estimate of drug-likeness (QED) is 0.433. The van der Waals surface area contributed by atoms with E-state index in [1.54, 1.807) is 0 Å². The molecule has 1 saturated heterocycles. The number of hydrogen-bond donors (Lipinski definition) is 0. The summed E-state index contributed by atoms with van der Waals surface area (Å²) in [6, 6.07) is 0. The third kappa shape index (κ3) is 4.71. The van der Waals surface area contributed by atoms with Crippen LogP contribution in [0.2, 0.25) is 0 Å². The molecule has 5 atom stereocenters. The van der Waals surface area contributed by atoms with E-state index in [0.29, 0.717) is 12.8 Å². The molecule has 0 aromatic carbocycles. The van der Waals surface area contributed by atoms with Crippen LogP contribution in [0.4, 0.5) is 0 Å². The molecule has 0 N–H and O–H groups in total. The molecule has 2 rings (SSSR count). The standard InChI is InChI=1S/C19H26O6/c1-10-6-7-16(23-13(4)20)11(2)8-18-15(12(3)19(22)25-18)9-17(10)24-14(5)21/h6,8,12,15-18H,7,9H2,1-5H3/b10-6+,11-8?/t12-,15-,16+,17+,18+/m1/s1. The minimum Gasteiger partial charge on any atom is -0.458 e. The molecule has 25 heavy (non-hydrogen) atoms. The first-order valence-electron chi connectivity index (χ1n) is 8.59. The highest BCUT2D eigenvalue weighted by molar-refractivity contribution is 5.75. The number of carbonyl (C=O) groups excluding carboxylic acids is 3. The van der Waals surface area contributed by atoms with Crippen LogP contribution in [0.5, 0.6) is 0 Å². The molecule has 2 aliphatic rings. The van der Waals surface area contributed by atoms with E-state index in [1.807, 2.05) is 32.9 Å². The molecule has 0 saturated carbocycles. The van der Waals surface area contributed by atoms with Gasteiger partial charge >= 0.3 is 17.9 Å². The first-order chi connectivity index (χ1) is 11.7. The Morgan fingerprint density at radius 2 is 1.68 bits per heavy atom. The lowest BCUT2D eigenvalue weighted by atomic mass is 9.83. The average Bonchev–Trinajstić information content (AvgIpc) is 2.76. The van der Waals surface area contributed by atoms with Crippen molar-refractivity contribution in [2.45, 2.75) is 65.8 Å². The van der Waals surface area contributed by atoms with Crippen LogP contribution >= 0.6 is 0 Å². The van der Waals surface area contributed by atoms with Gasteiger partial charge in [0, 0.05) is 26.2 Å². The highest BCUT2D eigenvalue weighted by atomic mass is 16.6. The molecule has 0 unspecified atom stereocenters. The normalized spacial score (nSPS) is 34.8. The van der Waals surface area contributed by atoms with Crippen LogP contribution in [-0.2, 0) is 28.6 Å². The van der Waals surface area contributed by atoms with E-state index in [1.165, 1.54) is 13.8 Å². The van der Waals surface area contributed by atoms with Gasteiger partial charge in [-0.1, -0.05) is 13.0 Å². The van der Waals surface area contributed by atoms with Crippen molar-refractivity contribution < 1.29 is 28.6 Å². The van der Waals surface area contributed by atoms with Crippen LogP contribution in [0.25, 0.3) is 0 Å². The smallest absolute Gasteiger partial charge is 0.309 e. The van der Waals surface area contributed by atoms with Crippen molar-refractivity contribution in [3.05, 3.63) is 23.3 Å². The third-order valence-corrected chi connectivity index (χ3v) is 4.89. The van der Waals surface area contributed by atoms with Crippen molar-refractivity contribution in [2.75, 3.05) is 0 Å². The molecule has 0 bridgehead atoms. The van der Waals surface area contributed by atoms with Crippen LogP contribution in [0, 0.1) is 11.8 Å². The molecule has 0 aromatic rings. The van der Waals surface area contributed by atoms with Crippen molar-refractivity contribution in [1.29, 1.82) is 0 Å². The molecule has 138 valence electrons. The molecule has 6 heteroatoms. The Labute approximate surface area is 148 Å². The molecule has 6 nitrogen and oxygen atoms in total. The predicted octanol–water partition coefficient (Wildman–Crippen LogP) is 2.71. The summed E-state index contributed by atoms with van der Waals surface area (Å²) in [5.74, 6) is -1.39. The summed E-state index contributed by atoms with van der Waals surface area (Å²) in [6.45, 7) is 8.32. The lowest BCUT2D eigenvalue weighted by Gasteiger charge is -2.27. The monoisotopic (exact) mass is 350 g/mol. The van der Waals surface area contributed by atoms with E-state index in [2.05, 4.69) is 0 Å². The van der Waals surface area contributed by atoms with Gasteiger partial charge in [0.2, 0.25) is 0 Å². The van der Waals surface area contributed by atoms with Crippen LogP contribution in [0.3, 0.4) is 0 Å². The van der Waals surface area contributed by atoms with E-state index in [4.69, 9.17) is 14.2 Å². The number of hydrogen-bond acceptors (Lipinski definition) is 6. The number of ether oxygens (including phenoxy) is 3. The minimum absolute atomic E-state index is 0.105. The van der Waals surface area contributed by atoms with Gasteiger partial charge in [-0.3, -0.25) is 14.4 Å². The van der Waals surface area contributed by atoms with Crippen molar-refractivity contribution in [2.24, 2.45) is 11.8 Å². The molecule has 1 aliphatic heterocycles. The van der Waals surface area contributed by atoms with Gasteiger partial charge in [0.15, 0.2) is 0 Å². The van der Waals surface area contributed by atoms with Crippen LogP contribution in [0.1, 0.15) is 47.5 Å². The van der Waals surface area contributed by atoms with Gasteiger partial charge in [-0.25, -0.2) is 0 Å². The number of carbonyl (C=O) groups is 3. The second kappa shape index (κ2) is 7.85. The summed E-state index contributed by atoms with van der Waals surface area (Å²) in [5, 5.41) is 0. The maximum atomic E-state index is 12.1. The van der Waals surface area contributed by atoms with Crippen LogP contribution in [-0.4, -0.2) is 36.2 Å². The molecular formula is C19H26O6. The molecule has 1 aliphatic carbocycles. The zero-order valence-corrected chi connectivity index (χ0v) is 15.4. The number of rotatable bonds is 2. The first-order valence-corrected chi connectivity index (χ1v) is 8.59. The predicted molar refractivity (Wildman–Crippen MR) is 90.4 cm³/mol. The fourth-order valence-electron chi connectivity index (χ4n) is 3.38. The minimum atomic E-state index is -0.432. The maximum Gasteiger partial charge on any atom is 0.309 e. The van der Waals surface area contributed by atoms with Crippen molar-refractivity contribution in [1.82, 2.24) is 0 Å². The Morgan fingerprint density at radius 3 is 2.28 bits per heavy atom. The largest absolute Gasteiger partial charge is 0.458 e. The van der Waals surface area contributed by atoms with Gasteiger partial charge in [-0.2, -0.15) is 0 Å². The average molecular weight is 350 g/mol. The van der Waals surface area contributed by atoms with E-state index >= 15 is 0 Å². The molecule has 0 spiro atoms. The molecule has 0 aromatic heterocycles. The first kappa shape index (κ1) is 19.2. The summed E-state index contributed by atoms with van der Waals surface area (Å²) in [4.78, 5) is 34.9. The summed E-state index contributed by atoms with van der Waals surface area (Å²) < 4.78 is 16.4. The molecule has 0 radical (unpaired) electrons. The van der Waals surface area contributed by atoms with Crippen molar-refractivity contribution >= 4 is 17.9 Å². The Morgan fingerprint density at radius 1 is 1.08 bits per heavy atom. The van der Waals surface area contributed by atoms with Gasteiger partial charge in [0.1, 0.15) is 18.3 Å².